The lowest BCUT2D eigenvalue weighted by Gasteiger charge is -2.16. The Labute approximate surface area is 173 Å². The van der Waals surface area contributed by atoms with E-state index in [4.69, 9.17) is 16.3 Å². The Morgan fingerprint density at radius 2 is 1.75 bits per heavy atom. The fourth-order valence-corrected chi connectivity index (χ4v) is 3.54. The number of hydrogen-bond acceptors (Lipinski definition) is 5. The van der Waals surface area contributed by atoms with Gasteiger partial charge in [-0.1, -0.05) is 60.1 Å². The third kappa shape index (κ3) is 7.74. The van der Waals surface area contributed by atoms with Crippen LogP contribution >= 0.6 is 23.4 Å². The van der Waals surface area contributed by atoms with Gasteiger partial charge in [0.2, 0.25) is 0 Å². The van der Waals surface area contributed by atoms with Gasteiger partial charge in [-0.2, -0.15) is 0 Å². The van der Waals surface area contributed by atoms with Gasteiger partial charge in [0.05, 0.1) is 11.8 Å². The van der Waals surface area contributed by atoms with Gasteiger partial charge in [0.1, 0.15) is 0 Å². The van der Waals surface area contributed by atoms with Crippen molar-refractivity contribution in [1.82, 2.24) is 5.32 Å². The molecule has 2 aromatic carbocycles. The van der Waals surface area contributed by atoms with Crippen LogP contribution in [0, 0.1) is 0 Å². The first-order valence-corrected chi connectivity index (χ1v) is 10.3. The smallest absolute Gasteiger partial charge is 0.316 e. The monoisotopic (exact) mass is 419 g/mol. The normalized spacial score (nSPS) is 11.5. The predicted molar refractivity (Wildman–Crippen MR) is 111 cm³/mol. The molecule has 7 heteroatoms. The van der Waals surface area contributed by atoms with Crippen molar-refractivity contribution in [3.63, 3.8) is 0 Å². The van der Waals surface area contributed by atoms with Gasteiger partial charge in [-0.3, -0.25) is 14.4 Å². The molecule has 5 nitrogen and oxygen atoms in total. The van der Waals surface area contributed by atoms with E-state index >= 15 is 0 Å². The molecule has 0 aliphatic heterocycles. The topological polar surface area (TPSA) is 72.5 Å². The molecule has 0 unspecified atom stereocenters. The molecule has 0 saturated heterocycles. The Bertz CT molecular complexity index is 813. The molecule has 0 aromatic heterocycles. The third-order valence-electron chi connectivity index (χ3n) is 3.91. The number of nitrogens with one attached hydrogen (secondary N) is 1. The molecule has 0 radical (unpaired) electrons. The Hall–Kier alpha value is -2.31. The van der Waals surface area contributed by atoms with Crippen LogP contribution in [0.5, 0.6) is 0 Å². The second-order valence-corrected chi connectivity index (χ2v) is 7.56. The van der Waals surface area contributed by atoms with E-state index < -0.39 is 24.5 Å². The number of carbonyl (C=O) groups excluding carboxylic acids is 3. The summed E-state index contributed by atoms with van der Waals surface area (Å²) in [5.74, 6) is -0.461. The minimum atomic E-state index is -0.650. The van der Waals surface area contributed by atoms with Crippen LogP contribution in [0.25, 0.3) is 0 Å². The van der Waals surface area contributed by atoms with Gasteiger partial charge in [0.15, 0.2) is 12.4 Å². The Morgan fingerprint density at radius 1 is 1.07 bits per heavy atom. The van der Waals surface area contributed by atoms with Crippen LogP contribution in [-0.4, -0.2) is 36.1 Å². The number of Topliss-reactive ketones (excluding diaryl/α,β-unsaturated/α-hetero) is 1. The zero-order chi connectivity index (χ0) is 20.4. The second kappa shape index (κ2) is 11.5. The number of amides is 1. The summed E-state index contributed by atoms with van der Waals surface area (Å²) in [5.41, 5.74) is 1.88. The third-order valence-corrected chi connectivity index (χ3v) is 5.23. The molecule has 1 N–H and O–H groups in total. The summed E-state index contributed by atoms with van der Waals surface area (Å²) >= 11 is 7.42. The SMILES string of the molecule is CC(=O)[C@H](Cc1ccccc1)NC(=O)COC(=O)CSCc1ccccc1Cl. The molecule has 0 aliphatic rings. The molecule has 0 saturated carbocycles. The van der Waals surface area contributed by atoms with Gasteiger partial charge in [-0.05, 0) is 30.5 Å². The second-order valence-electron chi connectivity index (χ2n) is 6.17. The highest BCUT2D eigenvalue weighted by Gasteiger charge is 2.18. The summed E-state index contributed by atoms with van der Waals surface area (Å²) < 4.78 is 4.99. The van der Waals surface area contributed by atoms with Gasteiger partial charge in [-0.15, -0.1) is 11.8 Å². The summed E-state index contributed by atoms with van der Waals surface area (Å²) in [6, 6.07) is 16.2. The highest BCUT2D eigenvalue weighted by atomic mass is 35.5. The van der Waals surface area contributed by atoms with Crippen molar-refractivity contribution in [3.05, 3.63) is 70.7 Å². The number of ketones is 1. The van der Waals surface area contributed by atoms with Crippen molar-refractivity contribution in [2.45, 2.75) is 25.1 Å². The van der Waals surface area contributed by atoms with Gasteiger partial charge < -0.3 is 10.1 Å². The van der Waals surface area contributed by atoms with Crippen LogP contribution < -0.4 is 5.32 Å². The summed E-state index contributed by atoms with van der Waals surface area (Å²) in [6.07, 6.45) is 0.392. The number of thioether (sulfide) groups is 1. The summed E-state index contributed by atoms with van der Waals surface area (Å²) in [4.78, 5) is 35.6. The molecular formula is C21H22ClNO4S. The molecule has 2 rings (SSSR count). The van der Waals surface area contributed by atoms with Crippen molar-refractivity contribution in [2.75, 3.05) is 12.4 Å². The lowest BCUT2D eigenvalue weighted by Crippen LogP contribution is -2.43. The number of carbonyl (C=O) groups is 3. The van der Waals surface area contributed by atoms with Crippen molar-refractivity contribution in [3.8, 4) is 0 Å². The van der Waals surface area contributed by atoms with E-state index in [0.29, 0.717) is 17.2 Å². The minimum Gasteiger partial charge on any atom is -0.455 e. The van der Waals surface area contributed by atoms with E-state index in [0.717, 1.165) is 11.1 Å². The average molecular weight is 420 g/mol. The first kappa shape index (κ1) is 22.0. The summed E-state index contributed by atoms with van der Waals surface area (Å²) in [6.45, 7) is 1.01. The minimum absolute atomic E-state index is 0.110. The number of hydrogen-bond donors (Lipinski definition) is 1. The van der Waals surface area contributed by atoms with Crippen LogP contribution in [-0.2, 0) is 31.3 Å². The highest BCUT2D eigenvalue weighted by Crippen LogP contribution is 2.20. The van der Waals surface area contributed by atoms with Gasteiger partial charge in [0.25, 0.3) is 5.91 Å². The van der Waals surface area contributed by atoms with Crippen LogP contribution in [0.2, 0.25) is 5.02 Å². The molecule has 1 amide bonds. The van der Waals surface area contributed by atoms with Crippen molar-refractivity contribution < 1.29 is 19.1 Å². The van der Waals surface area contributed by atoms with Gasteiger partial charge in [-0.25, -0.2) is 0 Å². The first-order valence-electron chi connectivity index (χ1n) is 8.76. The van der Waals surface area contributed by atoms with Crippen molar-refractivity contribution in [2.24, 2.45) is 0 Å². The number of rotatable bonds is 10. The Balaban J connectivity index is 1.72. The number of halogens is 1. The Morgan fingerprint density at radius 3 is 2.43 bits per heavy atom. The average Bonchev–Trinajstić information content (AvgIpc) is 2.68. The molecule has 0 bridgehead atoms. The first-order chi connectivity index (χ1) is 13.5. The predicted octanol–water partition coefficient (Wildman–Crippen LogP) is 3.43. The maximum Gasteiger partial charge on any atom is 0.316 e. The molecule has 1 atom stereocenters. The van der Waals surface area contributed by atoms with Crippen LogP contribution in [0.15, 0.2) is 54.6 Å². The highest BCUT2D eigenvalue weighted by molar-refractivity contribution is 7.99. The van der Waals surface area contributed by atoms with Crippen LogP contribution in [0.1, 0.15) is 18.1 Å². The fraction of sp³-hybridized carbons (Fsp3) is 0.286. The molecule has 0 spiro atoms. The largest absolute Gasteiger partial charge is 0.455 e. The van der Waals surface area contributed by atoms with Crippen molar-refractivity contribution >= 4 is 41.0 Å². The molecule has 0 fully saturated rings. The summed E-state index contributed by atoms with van der Waals surface area (Å²) in [7, 11) is 0. The maximum absolute atomic E-state index is 12.0. The Kier molecular flexibility index (Phi) is 9.04. The van der Waals surface area contributed by atoms with E-state index in [-0.39, 0.29) is 11.5 Å². The van der Waals surface area contributed by atoms with E-state index in [9.17, 15) is 14.4 Å². The fourth-order valence-electron chi connectivity index (χ4n) is 2.43. The van der Waals surface area contributed by atoms with Gasteiger partial charge in [0, 0.05) is 10.8 Å². The molecular weight excluding hydrogens is 398 g/mol. The summed E-state index contributed by atoms with van der Waals surface area (Å²) in [5, 5.41) is 3.27. The molecule has 148 valence electrons. The quantitative estimate of drug-likeness (QED) is 0.597. The van der Waals surface area contributed by atoms with Crippen molar-refractivity contribution in [1.29, 1.82) is 0 Å². The molecule has 0 heterocycles. The van der Waals surface area contributed by atoms with E-state index in [1.165, 1.54) is 18.7 Å². The molecule has 2 aromatic rings. The lowest BCUT2D eigenvalue weighted by molar-refractivity contribution is -0.146. The lowest BCUT2D eigenvalue weighted by atomic mass is 10.0. The van der Waals surface area contributed by atoms with E-state index in [1.807, 2.05) is 48.5 Å². The van der Waals surface area contributed by atoms with Crippen LogP contribution in [0.3, 0.4) is 0 Å². The number of benzene rings is 2. The van der Waals surface area contributed by atoms with E-state index in [2.05, 4.69) is 5.32 Å². The maximum atomic E-state index is 12.0. The standard InChI is InChI=1S/C21H22ClNO4S/c1-15(24)19(11-16-7-3-2-4-8-16)23-20(25)12-27-21(26)14-28-13-17-9-5-6-10-18(17)22/h2-10,19H,11-14H2,1H3,(H,23,25)/t19-/m0/s1. The molecule has 28 heavy (non-hydrogen) atoms. The van der Waals surface area contributed by atoms with E-state index in [1.54, 1.807) is 6.07 Å². The zero-order valence-corrected chi connectivity index (χ0v) is 17.1. The molecule has 0 aliphatic carbocycles. The number of ether oxygens (including phenoxy) is 1. The van der Waals surface area contributed by atoms with Crippen LogP contribution in [0.4, 0.5) is 0 Å². The zero-order valence-electron chi connectivity index (χ0n) is 15.5. The van der Waals surface area contributed by atoms with Gasteiger partial charge >= 0.3 is 5.97 Å². The number of esters is 1.